The number of carbonyl (C=O) groups is 1. The van der Waals surface area contributed by atoms with Crippen LogP contribution in [0.15, 0.2) is 66.7 Å². The van der Waals surface area contributed by atoms with E-state index in [0.29, 0.717) is 10.6 Å². The molecule has 0 aliphatic heterocycles. The van der Waals surface area contributed by atoms with E-state index in [9.17, 15) is 4.79 Å². The van der Waals surface area contributed by atoms with Gasteiger partial charge in [-0.15, -0.1) is 0 Å². The van der Waals surface area contributed by atoms with Gasteiger partial charge < -0.3 is 5.32 Å². The Bertz CT molecular complexity index is 1120. The number of halogens is 1. The van der Waals surface area contributed by atoms with E-state index in [0.717, 1.165) is 33.1 Å². The lowest BCUT2D eigenvalue weighted by atomic mass is 10.0. The molecule has 0 fully saturated rings. The molecule has 0 bridgehead atoms. The van der Waals surface area contributed by atoms with Gasteiger partial charge in [0, 0.05) is 27.1 Å². The SMILES string of the molecule is Cc1ccc2c(NC(=O)c3cccc4c(Cl)cccc34)cccc2n1. The van der Waals surface area contributed by atoms with Crippen LogP contribution in [0.4, 0.5) is 5.69 Å². The molecule has 3 nitrogen and oxygen atoms in total. The second-order valence-corrected chi connectivity index (χ2v) is 6.33. The van der Waals surface area contributed by atoms with Gasteiger partial charge in [-0.3, -0.25) is 9.78 Å². The van der Waals surface area contributed by atoms with Crippen molar-refractivity contribution >= 4 is 44.9 Å². The number of carbonyl (C=O) groups excluding carboxylic acids is 1. The van der Waals surface area contributed by atoms with Crippen LogP contribution in [0.2, 0.25) is 5.02 Å². The van der Waals surface area contributed by atoms with Gasteiger partial charge in [-0.05, 0) is 48.7 Å². The maximum Gasteiger partial charge on any atom is 0.256 e. The van der Waals surface area contributed by atoms with Gasteiger partial charge in [0.2, 0.25) is 0 Å². The summed E-state index contributed by atoms with van der Waals surface area (Å²) in [5.41, 5.74) is 3.14. The zero-order valence-corrected chi connectivity index (χ0v) is 14.3. The van der Waals surface area contributed by atoms with Crippen LogP contribution in [0.1, 0.15) is 16.1 Å². The van der Waals surface area contributed by atoms with Gasteiger partial charge in [-0.25, -0.2) is 0 Å². The first-order valence-corrected chi connectivity index (χ1v) is 8.36. The molecule has 0 unspecified atom stereocenters. The van der Waals surface area contributed by atoms with Crippen molar-refractivity contribution in [3.63, 3.8) is 0 Å². The molecule has 3 aromatic carbocycles. The van der Waals surface area contributed by atoms with E-state index in [1.165, 1.54) is 0 Å². The molecular formula is C21H15ClN2O. The number of aryl methyl sites for hydroxylation is 1. The third-order valence-electron chi connectivity index (χ3n) is 4.23. The Morgan fingerprint density at radius 3 is 2.52 bits per heavy atom. The Morgan fingerprint density at radius 1 is 0.880 bits per heavy atom. The fraction of sp³-hybridized carbons (Fsp3) is 0.0476. The van der Waals surface area contributed by atoms with Crippen molar-refractivity contribution in [3.05, 3.63) is 83.0 Å². The number of hydrogen-bond donors (Lipinski definition) is 1. The van der Waals surface area contributed by atoms with Gasteiger partial charge in [0.25, 0.3) is 5.91 Å². The molecule has 0 atom stereocenters. The third kappa shape index (κ3) is 2.83. The zero-order valence-electron chi connectivity index (χ0n) is 13.6. The summed E-state index contributed by atoms with van der Waals surface area (Å²) in [7, 11) is 0. The molecule has 1 heterocycles. The normalized spacial score (nSPS) is 11.0. The van der Waals surface area contributed by atoms with Gasteiger partial charge in [0.15, 0.2) is 0 Å². The first-order valence-electron chi connectivity index (χ1n) is 7.98. The predicted octanol–water partition coefficient (Wildman–Crippen LogP) is 5.60. The predicted molar refractivity (Wildman–Crippen MR) is 103 cm³/mol. The third-order valence-corrected chi connectivity index (χ3v) is 4.56. The van der Waals surface area contributed by atoms with Gasteiger partial charge >= 0.3 is 0 Å². The quantitative estimate of drug-likeness (QED) is 0.513. The maximum atomic E-state index is 12.9. The zero-order chi connectivity index (χ0) is 17.4. The second-order valence-electron chi connectivity index (χ2n) is 5.92. The fourth-order valence-electron chi connectivity index (χ4n) is 3.03. The van der Waals surface area contributed by atoms with Crippen LogP contribution in [0.25, 0.3) is 21.7 Å². The number of fused-ring (bicyclic) bond motifs is 2. The van der Waals surface area contributed by atoms with E-state index < -0.39 is 0 Å². The van der Waals surface area contributed by atoms with E-state index in [1.54, 1.807) is 0 Å². The highest BCUT2D eigenvalue weighted by Gasteiger charge is 2.13. The minimum absolute atomic E-state index is 0.166. The van der Waals surface area contributed by atoms with Crippen LogP contribution in [-0.2, 0) is 0 Å². The van der Waals surface area contributed by atoms with Crippen molar-refractivity contribution in [1.29, 1.82) is 0 Å². The molecule has 1 amide bonds. The van der Waals surface area contributed by atoms with Crippen LogP contribution in [0.3, 0.4) is 0 Å². The minimum atomic E-state index is -0.166. The lowest BCUT2D eigenvalue weighted by molar-refractivity contribution is 0.102. The van der Waals surface area contributed by atoms with E-state index in [2.05, 4.69) is 10.3 Å². The molecule has 4 rings (SSSR count). The molecule has 25 heavy (non-hydrogen) atoms. The lowest BCUT2D eigenvalue weighted by Crippen LogP contribution is -2.12. The smallest absolute Gasteiger partial charge is 0.256 e. The molecular weight excluding hydrogens is 332 g/mol. The van der Waals surface area contributed by atoms with Crippen LogP contribution < -0.4 is 5.32 Å². The Labute approximate surface area is 150 Å². The number of nitrogens with zero attached hydrogens (tertiary/aromatic N) is 1. The number of hydrogen-bond acceptors (Lipinski definition) is 2. The molecule has 0 saturated carbocycles. The number of amides is 1. The largest absolute Gasteiger partial charge is 0.321 e. The Kier molecular flexibility index (Phi) is 3.86. The maximum absolute atomic E-state index is 12.9. The number of rotatable bonds is 2. The molecule has 122 valence electrons. The van der Waals surface area contributed by atoms with Crippen molar-refractivity contribution in [2.45, 2.75) is 6.92 Å². The summed E-state index contributed by atoms with van der Waals surface area (Å²) in [5, 5.41) is 6.27. The van der Waals surface area contributed by atoms with Crippen LogP contribution in [0, 0.1) is 6.92 Å². The van der Waals surface area contributed by atoms with Crippen molar-refractivity contribution in [3.8, 4) is 0 Å². The lowest BCUT2D eigenvalue weighted by Gasteiger charge is -2.11. The molecule has 0 aliphatic rings. The summed E-state index contributed by atoms with van der Waals surface area (Å²) in [6.45, 7) is 1.95. The molecule has 1 aromatic heterocycles. The highest BCUT2D eigenvalue weighted by atomic mass is 35.5. The second kappa shape index (κ2) is 6.19. The van der Waals surface area contributed by atoms with Crippen molar-refractivity contribution in [2.24, 2.45) is 0 Å². The number of aromatic nitrogens is 1. The number of pyridine rings is 1. The Balaban J connectivity index is 1.78. The van der Waals surface area contributed by atoms with Gasteiger partial charge in [0.1, 0.15) is 0 Å². The number of anilines is 1. The molecule has 0 radical (unpaired) electrons. The number of benzene rings is 3. The van der Waals surface area contributed by atoms with E-state index in [4.69, 9.17) is 11.6 Å². The van der Waals surface area contributed by atoms with E-state index >= 15 is 0 Å². The monoisotopic (exact) mass is 346 g/mol. The van der Waals surface area contributed by atoms with E-state index in [-0.39, 0.29) is 5.91 Å². The Hall–Kier alpha value is -2.91. The molecule has 0 aliphatic carbocycles. The summed E-state index contributed by atoms with van der Waals surface area (Å²) in [5.74, 6) is -0.166. The first kappa shape index (κ1) is 15.6. The molecule has 0 spiro atoms. The van der Waals surface area contributed by atoms with Crippen molar-refractivity contribution < 1.29 is 4.79 Å². The summed E-state index contributed by atoms with van der Waals surface area (Å²) < 4.78 is 0. The molecule has 1 N–H and O–H groups in total. The topological polar surface area (TPSA) is 42.0 Å². The van der Waals surface area contributed by atoms with Gasteiger partial charge in [0.05, 0.1) is 11.2 Å². The van der Waals surface area contributed by atoms with Gasteiger partial charge in [-0.1, -0.05) is 41.9 Å². The fourth-order valence-corrected chi connectivity index (χ4v) is 3.26. The summed E-state index contributed by atoms with van der Waals surface area (Å²) in [4.78, 5) is 17.4. The van der Waals surface area contributed by atoms with Crippen molar-refractivity contribution in [2.75, 3.05) is 5.32 Å². The molecule has 4 heteroatoms. The van der Waals surface area contributed by atoms with Crippen LogP contribution in [0.5, 0.6) is 0 Å². The summed E-state index contributed by atoms with van der Waals surface area (Å²) >= 11 is 6.25. The van der Waals surface area contributed by atoms with Crippen molar-refractivity contribution in [1.82, 2.24) is 4.98 Å². The standard InChI is InChI=1S/C21H15ClN2O/c1-13-11-12-17-19(23-13)9-4-10-20(17)24-21(25)16-7-2-6-15-14(16)5-3-8-18(15)22/h2-12H,1H3,(H,24,25). The molecule has 4 aromatic rings. The average Bonchev–Trinajstić information content (AvgIpc) is 2.61. The highest BCUT2D eigenvalue weighted by molar-refractivity contribution is 6.36. The summed E-state index contributed by atoms with van der Waals surface area (Å²) in [6, 6.07) is 20.8. The van der Waals surface area contributed by atoms with Crippen LogP contribution >= 0.6 is 11.6 Å². The minimum Gasteiger partial charge on any atom is -0.321 e. The average molecular weight is 347 g/mol. The summed E-state index contributed by atoms with van der Waals surface area (Å²) in [6.07, 6.45) is 0. The molecule has 0 saturated heterocycles. The van der Waals surface area contributed by atoms with E-state index in [1.807, 2.05) is 73.7 Å². The Morgan fingerprint density at radius 2 is 1.64 bits per heavy atom. The van der Waals surface area contributed by atoms with Crippen LogP contribution in [-0.4, -0.2) is 10.9 Å². The first-order chi connectivity index (χ1) is 12.1. The number of nitrogens with one attached hydrogen (secondary N) is 1. The highest BCUT2D eigenvalue weighted by Crippen LogP contribution is 2.28. The van der Waals surface area contributed by atoms with Gasteiger partial charge in [-0.2, -0.15) is 0 Å².